The molecule has 134 valence electrons. The van der Waals surface area contributed by atoms with E-state index in [1.165, 1.54) is 7.11 Å². The van der Waals surface area contributed by atoms with Gasteiger partial charge in [-0.3, -0.25) is 4.79 Å². The first kappa shape index (κ1) is 18.6. The van der Waals surface area contributed by atoms with Gasteiger partial charge in [0.2, 0.25) is 5.91 Å². The van der Waals surface area contributed by atoms with Crippen LogP contribution < -0.4 is 10.1 Å². The number of likely N-dealkylation sites (tertiary alicyclic amines) is 1. The summed E-state index contributed by atoms with van der Waals surface area (Å²) in [5.74, 6) is -0.192. The van der Waals surface area contributed by atoms with E-state index in [0.717, 1.165) is 19.5 Å². The van der Waals surface area contributed by atoms with Gasteiger partial charge in [0, 0.05) is 12.1 Å². The van der Waals surface area contributed by atoms with Gasteiger partial charge in [-0.1, -0.05) is 32.0 Å². The maximum atomic E-state index is 13.6. The Labute approximate surface area is 142 Å². The molecule has 4 nitrogen and oxygen atoms in total. The van der Waals surface area contributed by atoms with Gasteiger partial charge in [-0.15, -0.1) is 0 Å². The number of hydrogen-bond donors (Lipinski definition) is 1. The Hall–Kier alpha value is -1.69. The quantitative estimate of drug-likeness (QED) is 0.791. The molecule has 0 aromatic heterocycles. The molecule has 1 aliphatic rings. The zero-order valence-corrected chi connectivity index (χ0v) is 14.5. The van der Waals surface area contributed by atoms with Gasteiger partial charge < -0.3 is 15.0 Å². The van der Waals surface area contributed by atoms with Crippen LogP contribution in [-0.2, 0) is 4.79 Å². The van der Waals surface area contributed by atoms with Crippen molar-refractivity contribution in [3.8, 4) is 5.75 Å². The highest BCUT2D eigenvalue weighted by molar-refractivity contribution is 5.79. The van der Waals surface area contributed by atoms with E-state index in [4.69, 9.17) is 4.74 Å². The number of nitrogens with one attached hydrogen (secondary N) is 1. The molecule has 6 heteroatoms. The van der Waals surface area contributed by atoms with Gasteiger partial charge in [-0.25, -0.2) is 8.78 Å². The van der Waals surface area contributed by atoms with Gasteiger partial charge in [-0.2, -0.15) is 0 Å². The number of ether oxygens (including phenoxy) is 1. The normalized spacial score (nSPS) is 17.5. The Kier molecular flexibility index (Phi) is 6.54. The van der Waals surface area contributed by atoms with Crippen LogP contribution in [0.2, 0.25) is 0 Å². The minimum absolute atomic E-state index is 0.0848. The molecule has 1 heterocycles. The zero-order valence-electron chi connectivity index (χ0n) is 14.5. The summed E-state index contributed by atoms with van der Waals surface area (Å²) < 4.78 is 32.3. The minimum Gasteiger partial charge on any atom is -0.496 e. The van der Waals surface area contributed by atoms with Crippen LogP contribution in [0.25, 0.3) is 0 Å². The fraction of sp³-hybridized carbons (Fsp3) is 0.611. The second-order valence-electron chi connectivity index (χ2n) is 6.57. The van der Waals surface area contributed by atoms with Crippen LogP contribution in [-0.4, -0.2) is 44.0 Å². The summed E-state index contributed by atoms with van der Waals surface area (Å²) in [6.07, 6.45) is -1.57. The number of halogens is 2. The maximum Gasteiger partial charge on any atom is 0.262 e. The summed E-state index contributed by atoms with van der Waals surface area (Å²) in [6.45, 7) is 6.46. The number of para-hydroxylation sites is 1. The van der Waals surface area contributed by atoms with E-state index in [9.17, 15) is 13.6 Å². The van der Waals surface area contributed by atoms with Crippen LogP contribution in [0, 0.1) is 11.8 Å². The first-order valence-corrected chi connectivity index (χ1v) is 8.37. The summed E-state index contributed by atoms with van der Waals surface area (Å²) in [6, 6.07) is 5.20. The van der Waals surface area contributed by atoms with Crippen molar-refractivity contribution in [1.29, 1.82) is 0 Å². The van der Waals surface area contributed by atoms with E-state index in [-0.39, 0.29) is 17.7 Å². The van der Waals surface area contributed by atoms with E-state index in [1.54, 1.807) is 24.3 Å². The molecule has 0 spiro atoms. The average Bonchev–Trinajstić information content (AvgIpc) is 2.50. The Bertz CT molecular complexity index is 548. The lowest BCUT2D eigenvalue weighted by molar-refractivity contribution is -0.129. The van der Waals surface area contributed by atoms with Crippen molar-refractivity contribution in [3.63, 3.8) is 0 Å². The van der Waals surface area contributed by atoms with E-state index in [2.05, 4.69) is 10.2 Å². The monoisotopic (exact) mass is 340 g/mol. The van der Waals surface area contributed by atoms with Crippen LogP contribution in [0.3, 0.4) is 0 Å². The van der Waals surface area contributed by atoms with Crippen molar-refractivity contribution in [3.05, 3.63) is 29.8 Å². The predicted octanol–water partition coefficient (Wildman–Crippen LogP) is 3.10. The molecule has 1 saturated heterocycles. The fourth-order valence-corrected chi connectivity index (χ4v) is 2.90. The Morgan fingerprint density at radius 2 is 1.96 bits per heavy atom. The van der Waals surface area contributed by atoms with Crippen molar-refractivity contribution in [2.75, 3.05) is 26.7 Å². The molecule has 0 aliphatic carbocycles. The lowest BCUT2D eigenvalue weighted by atomic mass is 9.92. The van der Waals surface area contributed by atoms with Gasteiger partial charge in [0.25, 0.3) is 6.43 Å². The largest absolute Gasteiger partial charge is 0.496 e. The molecule has 1 amide bonds. The topological polar surface area (TPSA) is 41.6 Å². The third kappa shape index (κ3) is 4.44. The highest BCUT2D eigenvalue weighted by Gasteiger charge is 2.32. The summed E-state index contributed by atoms with van der Waals surface area (Å²) in [5, 5.41) is 2.55. The Morgan fingerprint density at radius 1 is 1.29 bits per heavy atom. The predicted molar refractivity (Wildman–Crippen MR) is 89.3 cm³/mol. The van der Waals surface area contributed by atoms with Crippen molar-refractivity contribution >= 4 is 5.91 Å². The third-order valence-electron chi connectivity index (χ3n) is 4.57. The second-order valence-corrected chi connectivity index (χ2v) is 6.57. The van der Waals surface area contributed by atoms with Crippen molar-refractivity contribution in [2.45, 2.75) is 32.7 Å². The molecule has 0 bridgehead atoms. The van der Waals surface area contributed by atoms with Crippen LogP contribution in [0.15, 0.2) is 24.3 Å². The highest BCUT2D eigenvalue weighted by Crippen LogP contribution is 2.30. The molecule has 24 heavy (non-hydrogen) atoms. The van der Waals surface area contributed by atoms with Crippen molar-refractivity contribution in [2.24, 2.45) is 11.8 Å². The van der Waals surface area contributed by atoms with Gasteiger partial charge >= 0.3 is 0 Å². The van der Waals surface area contributed by atoms with Crippen molar-refractivity contribution < 1.29 is 18.3 Å². The Balaban J connectivity index is 2.14. The van der Waals surface area contributed by atoms with E-state index < -0.39 is 12.5 Å². The smallest absolute Gasteiger partial charge is 0.262 e. The summed E-state index contributed by atoms with van der Waals surface area (Å²) in [5.41, 5.74) is 0.301. The van der Waals surface area contributed by atoms with Gasteiger partial charge in [0.1, 0.15) is 11.8 Å². The lowest BCUT2D eigenvalue weighted by Crippen LogP contribution is -2.47. The summed E-state index contributed by atoms with van der Waals surface area (Å²) in [7, 11) is 1.43. The minimum atomic E-state index is -2.71. The Morgan fingerprint density at radius 3 is 2.46 bits per heavy atom. The molecule has 0 saturated carbocycles. The molecule has 0 radical (unpaired) electrons. The molecule has 1 aromatic rings. The van der Waals surface area contributed by atoms with Crippen LogP contribution in [0.1, 0.15) is 31.9 Å². The number of benzene rings is 1. The SMILES string of the molecule is COc1ccccc1[C@@H](NC(=O)[C@H](CN1CCC1)C(C)C)C(F)F. The van der Waals surface area contributed by atoms with Crippen molar-refractivity contribution in [1.82, 2.24) is 10.2 Å². The van der Waals surface area contributed by atoms with E-state index in [0.29, 0.717) is 17.9 Å². The zero-order chi connectivity index (χ0) is 17.7. The van der Waals surface area contributed by atoms with Crippen LogP contribution in [0.5, 0.6) is 5.75 Å². The van der Waals surface area contributed by atoms with E-state index in [1.807, 2.05) is 13.8 Å². The molecule has 1 aromatic carbocycles. The number of hydrogen-bond acceptors (Lipinski definition) is 3. The molecule has 2 rings (SSSR count). The number of methoxy groups -OCH3 is 1. The van der Waals surface area contributed by atoms with Gasteiger partial charge in [0.15, 0.2) is 0 Å². The number of rotatable bonds is 8. The highest BCUT2D eigenvalue weighted by atomic mass is 19.3. The maximum absolute atomic E-state index is 13.6. The number of carbonyl (C=O) groups is 1. The standard InChI is InChI=1S/C18H26F2N2O2/c1-12(2)14(11-22-9-6-10-22)18(23)21-16(17(19)20)13-7-4-5-8-15(13)24-3/h4-5,7-8,12,14,16-17H,6,9-11H2,1-3H3,(H,21,23)/t14-,16-/m1/s1. The van der Waals surface area contributed by atoms with Gasteiger partial charge in [-0.05, 0) is 31.5 Å². The van der Waals surface area contributed by atoms with Crippen LogP contribution in [0.4, 0.5) is 8.78 Å². The average molecular weight is 340 g/mol. The third-order valence-corrected chi connectivity index (χ3v) is 4.57. The summed E-state index contributed by atoms with van der Waals surface area (Å²) in [4.78, 5) is 14.8. The number of amides is 1. The molecule has 2 atom stereocenters. The number of carbonyl (C=O) groups excluding carboxylic acids is 1. The summed E-state index contributed by atoms with van der Waals surface area (Å²) >= 11 is 0. The second kappa shape index (κ2) is 8.42. The molecular weight excluding hydrogens is 314 g/mol. The number of alkyl halides is 2. The molecule has 1 N–H and O–H groups in total. The fourth-order valence-electron chi connectivity index (χ4n) is 2.90. The number of nitrogens with zero attached hydrogens (tertiary/aromatic N) is 1. The van der Waals surface area contributed by atoms with E-state index >= 15 is 0 Å². The lowest BCUT2D eigenvalue weighted by Gasteiger charge is -2.35. The van der Waals surface area contributed by atoms with Crippen LogP contribution >= 0.6 is 0 Å². The molecule has 1 aliphatic heterocycles. The molecule has 0 unspecified atom stereocenters. The molecular formula is C18H26F2N2O2. The first-order chi connectivity index (χ1) is 11.4. The first-order valence-electron chi connectivity index (χ1n) is 8.37. The molecule has 1 fully saturated rings. The van der Waals surface area contributed by atoms with Gasteiger partial charge in [0.05, 0.1) is 13.0 Å².